The number of aliphatic hydroxyl groups is 1. The van der Waals surface area contributed by atoms with Gasteiger partial charge >= 0.3 is 6.18 Å². The molecule has 0 aromatic rings. The van der Waals surface area contributed by atoms with Crippen LogP contribution in [0.5, 0.6) is 0 Å². The van der Waals surface area contributed by atoms with Crippen molar-refractivity contribution in [2.75, 3.05) is 13.2 Å². The quantitative estimate of drug-likeness (QED) is 0.618. The number of rotatable bonds is 1. The van der Waals surface area contributed by atoms with E-state index in [1.54, 1.807) is 0 Å². The molecular formula is C7H9F3O2. The minimum atomic E-state index is -4.51. The van der Waals surface area contributed by atoms with Crippen molar-refractivity contribution in [2.24, 2.45) is 0 Å². The van der Waals surface area contributed by atoms with E-state index in [1.807, 2.05) is 0 Å². The summed E-state index contributed by atoms with van der Waals surface area (Å²) in [5.74, 6) is 0. The Labute approximate surface area is 67.6 Å². The van der Waals surface area contributed by atoms with Crippen LogP contribution in [0.1, 0.15) is 6.42 Å². The van der Waals surface area contributed by atoms with Gasteiger partial charge in [-0.3, -0.25) is 0 Å². The molecule has 1 aliphatic heterocycles. The molecule has 70 valence electrons. The van der Waals surface area contributed by atoms with E-state index in [1.165, 1.54) is 12.2 Å². The van der Waals surface area contributed by atoms with Crippen LogP contribution in [0.4, 0.5) is 13.2 Å². The Morgan fingerprint density at radius 1 is 1.42 bits per heavy atom. The first-order chi connectivity index (χ1) is 5.52. The van der Waals surface area contributed by atoms with Gasteiger partial charge in [-0.15, -0.1) is 0 Å². The molecule has 1 heterocycles. The van der Waals surface area contributed by atoms with Crippen LogP contribution in [0.15, 0.2) is 12.2 Å². The van der Waals surface area contributed by atoms with Crippen molar-refractivity contribution in [3.63, 3.8) is 0 Å². The molecule has 5 heteroatoms. The zero-order chi connectivity index (χ0) is 9.24. The van der Waals surface area contributed by atoms with Gasteiger partial charge in [0.25, 0.3) is 0 Å². The van der Waals surface area contributed by atoms with Crippen LogP contribution in [0.3, 0.4) is 0 Å². The van der Waals surface area contributed by atoms with Gasteiger partial charge in [-0.2, -0.15) is 13.2 Å². The average molecular weight is 182 g/mol. The maximum absolute atomic E-state index is 12.3. The van der Waals surface area contributed by atoms with Crippen molar-refractivity contribution < 1.29 is 23.0 Å². The topological polar surface area (TPSA) is 29.5 Å². The lowest BCUT2D eigenvalue weighted by atomic mass is 9.98. The third-order valence-electron chi connectivity index (χ3n) is 1.84. The van der Waals surface area contributed by atoms with Crippen LogP contribution in [0, 0.1) is 0 Å². The first-order valence-corrected chi connectivity index (χ1v) is 3.48. The zero-order valence-corrected chi connectivity index (χ0v) is 6.27. The van der Waals surface area contributed by atoms with Gasteiger partial charge < -0.3 is 9.84 Å². The van der Waals surface area contributed by atoms with Gasteiger partial charge in [-0.05, 0) is 0 Å². The normalized spacial score (nSPS) is 30.7. The standard InChI is InChI=1S/C7H9F3O2/c8-7(9,10)6(5-11)3-1-2-4-12-6/h1-2,11H,3-5H2. The summed E-state index contributed by atoms with van der Waals surface area (Å²) in [6.45, 7) is -1.12. The molecule has 0 saturated heterocycles. The van der Waals surface area contributed by atoms with Crippen molar-refractivity contribution in [1.29, 1.82) is 0 Å². The van der Waals surface area contributed by atoms with Crippen molar-refractivity contribution in [3.05, 3.63) is 12.2 Å². The van der Waals surface area contributed by atoms with E-state index in [0.717, 1.165) is 0 Å². The van der Waals surface area contributed by atoms with Gasteiger partial charge in [-0.1, -0.05) is 12.2 Å². The molecule has 12 heavy (non-hydrogen) atoms. The van der Waals surface area contributed by atoms with Crippen LogP contribution in [0.25, 0.3) is 0 Å². The molecule has 1 rings (SSSR count). The van der Waals surface area contributed by atoms with E-state index in [-0.39, 0.29) is 13.0 Å². The predicted molar refractivity (Wildman–Crippen MR) is 35.6 cm³/mol. The summed E-state index contributed by atoms with van der Waals surface area (Å²) in [6.07, 6.45) is -1.95. The van der Waals surface area contributed by atoms with E-state index in [4.69, 9.17) is 5.11 Å². The fourth-order valence-corrected chi connectivity index (χ4v) is 1.01. The van der Waals surface area contributed by atoms with Gasteiger partial charge in [-0.25, -0.2) is 0 Å². The Morgan fingerprint density at radius 2 is 2.08 bits per heavy atom. The van der Waals surface area contributed by atoms with E-state index in [9.17, 15) is 13.2 Å². The Morgan fingerprint density at radius 3 is 2.33 bits per heavy atom. The SMILES string of the molecule is OCC1(C(F)(F)F)CC=CCO1. The highest BCUT2D eigenvalue weighted by molar-refractivity contribution is 5.01. The first-order valence-electron chi connectivity index (χ1n) is 3.48. The lowest BCUT2D eigenvalue weighted by molar-refractivity contribution is -0.286. The Bertz CT molecular complexity index is 188. The van der Waals surface area contributed by atoms with Gasteiger partial charge in [0.2, 0.25) is 0 Å². The Kier molecular flexibility index (Phi) is 2.44. The smallest absolute Gasteiger partial charge is 0.393 e. The second-order valence-corrected chi connectivity index (χ2v) is 2.64. The number of hydrogen-bond donors (Lipinski definition) is 1. The van der Waals surface area contributed by atoms with Gasteiger partial charge in [0, 0.05) is 6.42 Å². The number of ether oxygens (including phenoxy) is 1. The number of halogens is 3. The van der Waals surface area contributed by atoms with Gasteiger partial charge in [0.05, 0.1) is 13.2 Å². The lowest BCUT2D eigenvalue weighted by Gasteiger charge is -2.34. The van der Waals surface area contributed by atoms with Crippen molar-refractivity contribution in [3.8, 4) is 0 Å². The van der Waals surface area contributed by atoms with Crippen LogP contribution in [-0.2, 0) is 4.74 Å². The molecule has 0 aromatic heterocycles. The molecule has 0 spiro atoms. The van der Waals surface area contributed by atoms with Crippen LogP contribution >= 0.6 is 0 Å². The maximum atomic E-state index is 12.3. The lowest BCUT2D eigenvalue weighted by Crippen LogP contribution is -2.51. The second kappa shape index (κ2) is 3.06. The summed E-state index contributed by atoms with van der Waals surface area (Å²) in [6, 6.07) is 0. The zero-order valence-electron chi connectivity index (χ0n) is 6.27. The number of alkyl halides is 3. The van der Waals surface area contributed by atoms with E-state index >= 15 is 0 Å². The molecule has 0 saturated carbocycles. The molecule has 0 fully saturated rings. The number of aliphatic hydroxyl groups excluding tert-OH is 1. The van der Waals surface area contributed by atoms with E-state index in [0.29, 0.717) is 0 Å². The fourth-order valence-electron chi connectivity index (χ4n) is 1.01. The third-order valence-corrected chi connectivity index (χ3v) is 1.84. The molecule has 0 amide bonds. The molecule has 0 aromatic carbocycles. The molecule has 0 radical (unpaired) electrons. The molecule has 2 nitrogen and oxygen atoms in total. The molecule has 1 aliphatic rings. The summed E-state index contributed by atoms with van der Waals surface area (Å²) in [5, 5.41) is 8.60. The highest BCUT2D eigenvalue weighted by atomic mass is 19.4. The van der Waals surface area contributed by atoms with Crippen LogP contribution in [0.2, 0.25) is 0 Å². The van der Waals surface area contributed by atoms with E-state index in [2.05, 4.69) is 4.74 Å². The largest absolute Gasteiger partial charge is 0.420 e. The summed E-state index contributed by atoms with van der Waals surface area (Å²) in [4.78, 5) is 0. The Hall–Kier alpha value is -0.550. The number of hydrogen-bond acceptors (Lipinski definition) is 2. The van der Waals surface area contributed by atoms with Crippen molar-refractivity contribution in [2.45, 2.75) is 18.2 Å². The van der Waals surface area contributed by atoms with Crippen molar-refractivity contribution >= 4 is 0 Å². The second-order valence-electron chi connectivity index (χ2n) is 2.64. The van der Waals surface area contributed by atoms with E-state index < -0.39 is 18.4 Å². The highest BCUT2D eigenvalue weighted by Gasteiger charge is 2.55. The molecule has 1 N–H and O–H groups in total. The van der Waals surface area contributed by atoms with Gasteiger partial charge in [0.15, 0.2) is 5.60 Å². The fraction of sp³-hybridized carbons (Fsp3) is 0.714. The molecule has 1 unspecified atom stereocenters. The maximum Gasteiger partial charge on any atom is 0.420 e. The van der Waals surface area contributed by atoms with Gasteiger partial charge in [0.1, 0.15) is 0 Å². The minimum absolute atomic E-state index is 0.0972. The summed E-state index contributed by atoms with van der Waals surface area (Å²) < 4.78 is 41.4. The molecule has 0 aliphatic carbocycles. The van der Waals surface area contributed by atoms with Crippen LogP contribution < -0.4 is 0 Å². The molecular weight excluding hydrogens is 173 g/mol. The van der Waals surface area contributed by atoms with Crippen LogP contribution in [-0.4, -0.2) is 30.1 Å². The average Bonchev–Trinajstić information content (AvgIpc) is 2.04. The monoisotopic (exact) mass is 182 g/mol. The Balaban J connectivity index is 2.82. The van der Waals surface area contributed by atoms with Crippen molar-refractivity contribution in [1.82, 2.24) is 0 Å². The predicted octanol–water partition coefficient (Wildman–Crippen LogP) is 1.26. The minimum Gasteiger partial charge on any atom is -0.393 e. The summed E-state index contributed by atoms with van der Waals surface area (Å²) in [5.41, 5.74) is -2.37. The first kappa shape index (κ1) is 9.54. The summed E-state index contributed by atoms with van der Waals surface area (Å²) >= 11 is 0. The molecule has 1 atom stereocenters. The highest BCUT2D eigenvalue weighted by Crippen LogP contribution is 2.37. The summed E-state index contributed by atoms with van der Waals surface area (Å²) in [7, 11) is 0. The molecule has 0 bridgehead atoms. The third kappa shape index (κ3) is 1.47.